The monoisotopic (exact) mass is 463 g/mol. The molecular formula is C17H33N7O6S. The highest BCUT2D eigenvalue weighted by molar-refractivity contribution is 7.98. The molecular weight excluding hydrogens is 430 g/mol. The number of aliphatic hydroxyl groups excluding tert-OH is 1. The maximum atomic E-state index is 12.6. The van der Waals surface area contributed by atoms with Gasteiger partial charge in [0.1, 0.15) is 18.1 Å². The third-order valence-electron chi connectivity index (χ3n) is 4.07. The lowest BCUT2D eigenvalue weighted by Crippen LogP contribution is -2.54. The molecule has 0 aromatic heterocycles. The minimum Gasteiger partial charge on any atom is -0.480 e. The highest BCUT2D eigenvalue weighted by Crippen LogP contribution is 2.04. The topological polar surface area (TPSA) is 235 Å². The lowest BCUT2D eigenvalue weighted by Gasteiger charge is -2.22. The van der Waals surface area contributed by atoms with Crippen LogP contribution in [-0.4, -0.2) is 89.2 Å². The van der Waals surface area contributed by atoms with Crippen LogP contribution in [0.4, 0.5) is 0 Å². The summed E-state index contributed by atoms with van der Waals surface area (Å²) in [7, 11) is 0. The van der Waals surface area contributed by atoms with Crippen LogP contribution in [0.25, 0.3) is 0 Å². The predicted octanol–water partition coefficient (Wildman–Crippen LogP) is -3.33. The highest BCUT2D eigenvalue weighted by atomic mass is 32.2. The van der Waals surface area contributed by atoms with E-state index in [1.54, 1.807) is 0 Å². The van der Waals surface area contributed by atoms with Crippen LogP contribution >= 0.6 is 11.8 Å². The minimum absolute atomic E-state index is 0.120. The number of thioether (sulfide) groups is 1. The van der Waals surface area contributed by atoms with Gasteiger partial charge in [0.15, 0.2) is 5.96 Å². The zero-order valence-electron chi connectivity index (χ0n) is 17.7. The van der Waals surface area contributed by atoms with E-state index in [1.807, 2.05) is 6.26 Å². The molecule has 0 radical (unpaired) electrons. The maximum Gasteiger partial charge on any atom is 0.326 e. The summed E-state index contributed by atoms with van der Waals surface area (Å²) in [5, 5.41) is 25.7. The fraction of sp³-hybridized carbons (Fsp3) is 0.706. The number of hydrogen-bond acceptors (Lipinski definition) is 8. The fourth-order valence-electron chi connectivity index (χ4n) is 2.29. The molecule has 0 fully saturated rings. The number of carboxylic acids is 1. The Morgan fingerprint density at radius 3 is 2.23 bits per heavy atom. The molecule has 4 unspecified atom stereocenters. The van der Waals surface area contributed by atoms with Gasteiger partial charge in [0.2, 0.25) is 17.7 Å². The molecule has 0 aliphatic rings. The first-order valence-electron chi connectivity index (χ1n) is 9.57. The van der Waals surface area contributed by atoms with Gasteiger partial charge in [-0.2, -0.15) is 11.8 Å². The van der Waals surface area contributed by atoms with Gasteiger partial charge in [-0.05, 0) is 38.2 Å². The van der Waals surface area contributed by atoms with Crippen molar-refractivity contribution in [1.82, 2.24) is 16.0 Å². The first kappa shape index (κ1) is 28.4. The van der Waals surface area contributed by atoms with Crippen molar-refractivity contribution in [3.63, 3.8) is 0 Å². The van der Waals surface area contributed by atoms with E-state index < -0.39 is 54.5 Å². The molecule has 4 atom stereocenters. The molecule has 3 amide bonds. The van der Waals surface area contributed by atoms with Gasteiger partial charge in [0.25, 0.3) is 0 Å². The SMILES string of the molecule is CSCCC(NC(=O)C(CCCN=C(N)N)NC(=O)CNC(=O)C(N)C(C)O)C(=O)O. The molecule has 11 N–H and O–H groups in total. The van der Waals surface area contributed by atoms with Crippen LogP contribution in [0.3, 0.4) is 0 Å². The van der Waals surface area contributed by atoms with Gasteiger partial charge in [-0.25, -0.2) is 4.79 Å². The first-order chi connectivity index (χ1) is 14.5. The number of amides is 3. The van der Waals surface area contributed by atoms with Gasteiger partial charge in [-0.1, -0.05) is 0 Å². The summed E-state index contributed by atoms with van der Waals surface area (Å²) in [6.45, 7) is 1.06. The Bertz CT molecular complexity index is 642. The molecule has 0 aromatic rings. The molecule has 0 aromatic carbocycles. The van der Waals surface area contributed by atoms with Crippen molar-refractivity contribution in [3.8, 4) is 0 Å². The number of rotatable bonds is 15. The number of nitrogens with one attached hydrogen (secondary N) is 3. The standard InChI is InChI=1S/C17H33N7O6S/c1-9(25)13(18)15(28)22-8-12(26)23-10(4-3-6-21-17(19)20)14(27)24-11(16(29)30)5-7-31-2/h9-11,13,25H,3-8,18H2,1-2H3,(H,22,28)(H,23,26)(H,24,27)(H,29,30)(H4,19,20,21). The Hall–Kier alpha value is -2.58. The fourth-order valence-corrected chi connectivity index (χ4v) is 2.76. The molecule has 31 heavy (non-hydrogen) atoms. The van der Waals surface area contributed by atoms with Gasteiger partial charge in [-0.15, -0.1) is 0 Å². The Kier molecular flexibility index (Phi) is 14.0. The zero-order valence-corrected chi connectivity index (χ0v) is 18.5. The molecule has 178 valence electrons. The normalized spacial score (nSPS) is 14.5. The van der Waals surface area contributed by atoms with Gasteiger partial charge in [0.05, 0.1) is 12.6 Å². The van der Waals surface area contributed by atoms with Crippen LogP contribution in [0.1, 0.15) is 26.2 Å². The smallest absolute Gasteiger partial charge is 0.326 e. The van der Waals surface area contributed by atoms with E-state index in [1.165, 1.54) is 18.7 Å². The summed E-state index contributed by atoms with van der Waals surface area (Å²) >= 11 is 1.44. The maximum absolute atomic E-state index is 12.6. The van der Waals surface area contributed by atoms with Gasteiger partial charge >= 0.3 is 5.97 Å². The van der Waals surface area contributed by atoms with E-state index in [-0.39, 0.29) is 25.3 Å². The number of nitrogens with zero attached hydrogens (tertiary/aromatic N) is 1. The van der Waals surface area contributed by atoms with Crippen LogP contribution < -0.4 is 33.2 Å². The molecule has 0 saturated carbocycles. The molecule has 13 nitrogen and oxygen atoms in total. The molecule has 0 spiro atoms. The number of aliphatic imine (C=N–C) groups is 1. The van der Waals surface area contributed by atoms with Crippen LogP contribution in [0.15, 0.2) is 4.99 Å². The van der Waals surface area contributed by atoms with Crippen molar-refractivity contribution < 1.29 is 29.4 Å². The average Bonchev–Trinajstić information content (AvgIpc) is 2.70. The Labute approximate surface area is 185 Å². The quantitative estimate of drug-likeness (QED) is 0.0683. The highest BCUT2D eigenvalue weighted by Gasteiger charge is 2.26. The van der Waals surface area contributed by atoms with E-state index in [4.69, 9.17) is 17.2 Å². The van der Waals surface area contributed by atoms with Crippen LogP contribution in [0.2, 0.25) is 0 Å². The summed E-state index contributed by atoms with van der Waals surface area (Å²) in [4.78, 5) is 51.7. The van der Waals surface area contributed by atoms with Crippen molar-refractivity contribution >= 4 is 41.4 Å². The Morgan fingerprint density at radius 1 is 1.06 bits per heavy atom. The van der Waals surface area contributed by atoms with Crippen molar-refractivity contribution in [1.29, 1.82) is 0 Å². The van der Waals surface area contributed by atoms with E-state index in [9.17, 15) is 29.4 Å². The van der Waals surface area contributed by atoms with E-state index >= 15 is 0 Å². The number of carbonyl (C=O) groups is 4. The van der Waals surface area contributed by atoms with Crippen LogP contribution in [0.5, 0.6) is 0 Å². The van der Waals surface area contributed by atoms with Gasteiger partial charge in [-0.3, -0.25) is 19.4 Å². The van der Waals surface area contributed by atoms with Gasteiger partial charge in [0, 0.05) is 6.54 Å². The second-order valence-corrected chi connectivity index (χ2v) is 7.72. The summed E-state index contributed by atoms with van der Waals surface area (Å²) in [5.74, 6) is -2.89. The Balaban J connectivity index is 5.03. The second-order valence-electron chi connectivity index (χ2n) is 6.73. The summed E-state index contributed by atoms with van der Waals surface area (Å²) < 4.78 is 0. The summed E-state index contributed by atoms with van der Waals surface area (Å²) in [6, 6.07) is -3.39. The number of carboxylic acid groups (broad SMARTS) is 1. The Morgan fingerprint density at radius 2 is 1.71 bits per heavy atom. The largest absolute Gasteiger partial charge is 0.480 e. The lowest BCUT2D eigenvalue weighted by atomic mass is 10.1. The third-order valence-corrected chi connectivity index (χ3v) is 4.71. The number of hydrogen-bond donors (Lipinski definition) is 8. The number of aliphatic carboxylic acids is 1. The molecule has 14 heteroatoms. The van der Waals surface area contributed by atoms with Crippen molar-refractivity contribution in [2.45, 2.75) is 50.4 Å². The molecule has 0 aliphatic carbocycles. The molecule has 0 saturated heterocycles. The predicted molar refractivity (Wildman–Crippen MR) is 117 cm³/mol. The molecule has 0 heterocycles. The number of guanidine groups is 1. The summed E-state index contributed by atoms with van der Waals surface area (Å²) in [6.07, 6.45) is 1.38. The molecule has 0 aliphatic heterocycles. The number of carbonyl (C=O) groups excluding carboxylic acids is 3. The van der Waals surface area contributed by atoms with Gasteiger partial charge < -0.3 is 43.4 Å². The van der Waals surface area contributed by atoms with E-state index in [2.05, 4.69) is 20.9 Å². The van der Waals surface area contributed by atoms with E-state index in [0.717, 1.165) is 0 Å². The van der Waals surface area contributed by atoms with Crippen LogP contribution in [0, 0.1) is 0 Å². The molecule has 0 bridgehead atoms. The average molecular weight is 464 g/mol. The number of aliphatic hydroxyl groups is 1. The zero-order chi connectivity index (χ0) is 24.0. The van der Waals surface area contributed by atoms with Crippen molar-refractivity contribution in [2.24, 2.45) is 22.2 Å². The third kappa shape index (κ3) is 12.7. The van der Waals surface area contributed by atoms with E-state index in [0.29, 0.717) is 12.2 Å². The number of nitrogens with two attached hydrogens (primary N) is 3. The van der Waals surface area contributed by atoms with Crippen molar-refractivity contribution in [2.75, 3.05) is 25.1 Å². The minimum atomic E-state index is -1.21. The summed E-state index contributed by atoms with van der Waals surface area (Å²) in [5.41, 5.74) is 16.0. The first-order valence-corrected chi connectivity index (χ1v) is 11.0. The van der Waals surface area contributed by atoms with Crippen LogP contribution in [-0.2, 0) is 19.2 Å². The second kappa shape index (κ2) is 15.3. The molecule has 0 rings (SSSR count). The van der Waals surface area contributed by atoms with Crippen molar-refractivity contribution in [3.05, 3.63) is 0 Å². The lowest BCUT2D eigenvalue weighted by molar-refractivity contribution is -0.142.